The SMILES string of the molecule is Cc1cnc(C)c(N(CCC(N)=S)Cc2cccnc2)n1. The van der Waals surface area contributed by atoms with Gasteiger partial charge in [-0.25, -0.2) is 4.98 Å². The lowest BCUT2D eigenvalue weighted by Crippen LogP contribution is -2.29. The molecule has 2 aromatic rings. The Balaban J connectivity index is 2.26. The van der Waals surface area contributed by atoms with Gasteiger partial charge in [-0.05, 0) is 25.5 Å². The Morgan fingerprint density at radius 3 is 2.81 bits per heavy atom. The van der Waals surface area contributed by atoms with E-state index in [1.54, 1.807) is 12.4 Å². The normalized spacial score (nSPS) is 10.4. The van der Waals surface area contributed by atoms with E-state index < -0.39 is 0 Å². The maximum Gasteiger partial charge on any atom is 0.150 e. The number of nitrogens with two attached hydrogens (primary N) is 1. The highest BCUT2D eigenvalue weighted by Gasteiger charge is 2.13. The molecule has 5 nitrogen and oxygen atoms in total. The molecule has 0 saturated carbocycles. The fraction of sp³-hybridized carbons (Fsp3) is 0.333. The molecule has 0 saturated heterocycles. The fourth-order valence-electron chi connectivity index (χ4n) is 2.04. The molecule has 0 aliphatic carbocycles. The summed E-state index contributed by atoms with van der Waals surface area (Å²) in [6.45, 7) is 5.31. The van der Waals surface area contributed by atoms with Crippen LogP contribution >= 0.6 is 12.2 Å². The number of anilines is 1. The van der Waals surface area contributed by atoms with Gasteiger partial charge >= 0.3 is 0 Å². The van der Waals surface area contributed by atoms with Gasteiger partial charge in [0.2, 0.25) is 0 Å². The molecule has 0 fully saturated rings. The van der Waals surface area contributed by atoms with Crippen molar-refractivity contribution in [3.63, 3.8) is 0 Å². The first-order valence-electron chi connectivity index (χ1n) is 6.78. The molecule has 0 spiro atoms. The van der Waals surface area contributed by atoms with Crippen molar-refractivity contribution in [1.29, 1.82) is 0 Å². The van der Waals surface area contributed by atoms with Crippen molar-refractivity contribution < 1.29 is 0 Å². The highest BCUT2D eigenvalue weighted by molar-refractivity contribution is 7.80. The second kappa shape index (κ2) is 7.08. The predicted octanol–water partition coefficient (Wildman–Crippen LogP) is 2.17. The third-order valence-corrected chi connectivity index (χ3v) is 3.28. The summed E-state index contributed by atoms with van der Waals surface area (Å²) < 4.78 is 0. The van der Waals surface area contributed by atoms with Crippen LogP contribution in [0.1, 0.15) is 23.4 Å². The van der Waals surface area contributed by atoms with Crippen LogP contribution in [0.4, 0.5) is 5.82 Å². The van der Waals surface area contributed by atoms with Crippen LogP contribution in [0.3, 0.4) is 0 Å². The highest BCUT2D eigenvalue weighted by atomic mass is 32.1. The molecule has 0 aromatic carbocycles. The van der Waals surface area contributed by atoms with E-state index in [1.807, 2.05) is 32.2 Å². The first-order chi connectivity index (χ1) is 10.1. The van der Waals surface area contributed by atoms with E-state index in [-0.39, 0.29) is 0 Å². The minimum Gasteiger partial charge on any atom is -0.393 e. The zero-order chi connectivity index (χ0) is 15.2. The number of thiocarbonyl (C=S) groups is 1. The average molecular weight is 301 g/mol. The topological polar surface area (TPSA) is 67.9 Å². The van der Waals surface area contributed by atoms with E-state index in [0.29, 0.717) is 24.5 Å². The molecule has 0 aliphatic heterocycles. The third-order valence-electron chi connectivity index (χ3n) is 3.07. The maximum atomic E-state index is 5.64. The minimum atomic E-state index is 0.504. The van der Waals surface area contributed by atoms with E-state index in [0.717, 1.165) is 22.8 Å². The molecule has 2 N–H and O–H groups in total. The van der Waals surface area contributed by atoms with Crippen molar-refractivity contribution >= 4 is 23.0 Å². The van der Waals surface area contributed by atoms with Gasteiger partial charge in [-0.15, -0.1) is 0 Å². The number of rotatable bonds is 6. The maximum absolute atomic E-state index is 5.64. The fourth-order valence-corrected chi connectivity index (χ4v) is 2.13. The van der Waals surface area contributed by atoms with E-state index in [1.165, 1.54) is 0 Å². The number of hydrogen-bond donors (Lipinski definition) is 1. The Bertz CT molecular complexity index is 615. The zero-order valence-corrected chi connectivity index (χ0v) is 13.1. The van der Waals surface area contributed by atoms with Gasteiger partial charge in [0.1, 0.15) is 0 Å². The first-order valence-corrected chi connectivity index (χ1v) is 7.19. The number of aryl methyl sites for hydroxylation is 2. The molecule has 2 heterocycles. The van der Waals surface area contributed by atoms with Crippen LogP contribution in [0, 0.1) is 13.8 Å². The summed E-state index contributed by atoms with van der Waals surface area (Å²) in [6, 6.07) is 3.97. The zero-order valence-electron chi connectivity index (χ0n) is 12.3. The summed E-state index contributed by atoms with van der Waals surface area (Å²) in [5.41, 5.74) is 8.54. The van der Waals surface area contributed by atoms with Crippen molar-refractivity contribution in [3.8, 4) is 0 Å². The van der Waals surface area contributed by atoms with Crippen molar-refractivity contribution in [2.75, 3.05) is 11.4 Å². The molecule has 110 valence electrons. The van der Waals surface area contributed by atoms with Gasteiger partial charge in [-0.3, -0.25) is 9.97 Å². The second-order valence-corrected chi connectivity index (χ2v) is 5.44. The smallest absolute Gasteiger partial charge is 0.150 e. The molecule has 6 heteroatoms. The lowest BCUT2D eigenvalue weighted by atomic mass is 10.2. The van der Waals surface area contributed by atoms with Gasteiger partial charge < -0.3 is 10.6 Å². The molecule has 0 radical (unpaired) electrons. The van der Waals surface area contributed by atoms with Gasteiger partial charge in [-0.2, -0.15) is 0 Å². The number of pyridine rings is 1. The molecule has 2 aromatic heterocycles. The minimum absolute atomic E-state index is 0.504. The monoisotopic (exact) mass is 301 g/mol. The van der Waals surface area contributed by atoms with Crippen LogP contribution in [0.2, 0.25) is 0 Å². The second-order valence-electron chi connectivity index (χ2n) is 4.92. The van der Waals surface area contributed by atoms with Gasteiger partial charge in [0.05, 0.1) is 16.4 Å². The van der Waals surface area contributed by atoms with E-state index in [2.05, 4.69) is 19.9 Å². The molecular formula is C15H19N5S. The van der Waals surface area contributed by atoms with Crippen molar-refractivity contribution in [3.05, 3.63) is 47.7 Å². The summed E-state index contributed by atoms with van der Waals surface area (Å²) in [7, 11) is 0. The van der Waals surface area contributed by atoms with E-state index in [9.17, 15) is 0 Å². The molecule has 0 atom stereocenters. The molecule has 0 unspecified atom stereocenters. The van der Waals surface area contributed by atoms with Gasteiger partial charge in [0.15, 0.2) is 5.82 Å². The Kier molecular flexibility index (Phi) is 5.16. The highest BCUT2D eigenvalue weighted by Crippen LogP contribution is 2.18. The Morgan fingerprint density at radius 2 is 2.14 bits per heavy atom. The van der Waals surface area contributed by atoms with Crippen molar-refractivity contribution in [2.24, 2.45) is 5.73 Å². The lowest BCUT2D eigenvalue weighted by Gasteiger charge is -2.25. The quantitative estimate of drug-likeness (QED) is 0.825. The standard InChI is InChI=1S/C15H19N5S/c1-11-8-18-12(2)15(19-11)20(7-5-14(16)21)10-13-4-3-6-17-9-13/h3-4,6,8-9H,5,7,10H2,1-2H3,(H2,16,21). The van der Waals surface area contributed by atoms with E-state index >= 15 is 0 Å². The van der Waals surface area contributed by atoms with Gasteiger partial charge in [0, 0.05) is 38.1 Å². The first kappa shape index (κ1) is 15.3. The van der Waals surface area contributed by atoms with Gasteiger partial charge in [0.25, 0.3) is 0 Å². The van der Waals surface area contributed by atoms with Crippen LogP contribution in [-0.2, 0) is 6.54 Å². The summed E-state index contributed by atoms with van der Waals surface area (Å²) in [5.74, 6) is 0.870. The van der Waals surface area contributed by atoms with Crippen LogP contribution < -0.4 is 10.6 Å². The molecular weight excluding hydrogens is 282 g/mol. The lowest BCUT2D eigenvalue weighted by molar-refractivity contribution is 0.774. The number of aromatic nitrogens is 3. The van der Waals surface area contributed by atoms with Crippen molar-refractivity contribution in [1.82, 2.24) is 15.0 Å². The molecule has 0 amide bonds. The van der Waals surface area contributed by atoms with E-state index in [4.69, 9.17) is 18.0 Å². The van der Waals surface area contributed by atoms with Crippen molar-refractivity contribution in [2.45, 2.75) is 26.8 Å². The van der Waals surface area contributed by atoms with Crippen LogP contribution in [-0.4, -0.2) is 26.5 Å². The largest absolute Gasteiger partial charge is 0.393 e. The number of hydrogen-bond acceptors (Lipinski definition) is 5. The Hall–Kier alpha value is -2.08. The molecule has 2 rings (SSSR count). The third kappa shape index (κ3) is 4.46. The average Bonchev–Trinajstić information content (AvgIpc) is 2.47. The van der Waals surface area contributed by atoms with Gasteiger partial charge in [-0.1, -0.05) is 18.3 Å². The summed E-state index contributed by atoms with van der Waals surface area (Å²) >= 11 is 4.99. The number of nitrogens with zero attached hydrogens (tertiary/aromatic N) is 4. The van der Waals surface area contributed by atoms with Crippen LogP contribution in [0.5, 0.6) is 0 Å². The Labute approximate surface area is 130 Å². The Morgan fingerprint density at radius 1 is 1.33 bits per heavy atom. The predicted molar refractivity (Wildman–Crippen MR) is 88.2 cm³/mol. The van der Waals surface area contributed by atoms with Crippen LogP contribution in [0.15, 0.2) is 30.7 Å². The molecule has 0 aliphatic rings. The van der Waals surface area contributed by atoms with Crippen LogP contribution in [0.25, 0.3) is 0 Å². The summed E-state index contributed by atoms with van der Waals surface area (Å²) in [4.78, 5) is 15.8. The molecule has 21 heavy (non-hydrogen) atoms. The summed E-state index contributed by atoms with van der Waals surface area (Å²) in [5, 5.41) is 0. The molecule has 0 bridgehead atoms. The summed E-state index contributed by atoms with van der Waals surface area (Å²) in [6.07, 6.45) is 6.03.